The Morgan fingerprint density at radius 1 is 1.43 bits per heavy atom. The number of hydrogen-bond acceptors (Lipinski definition) is 2. The number of aliphatic hydroxyl groups excluding tert-OH is 1. The van der Waals surface area contributed by atoms with Gasteiger partial charge in [-0.25, -0.2) is 0 Å². The minimum Gasteiger partial charge on any atom is -0.395 e. The van der Waals surface area contributed by atoms with Crippen LogP contribution in [0.25, 0.3) is 0 Å². The van der Waals surface area contributed by atoms with Gasteiger partial charge in [0.05, 0.1) is 6.61 Å². The molecular formula is C18H23NO2. The summed E-state index contributed by atoms with van der Waals surface area (Å²) in [5.74, 6) is 7.19. The minimum atomic E-state index is -0.0311. The Morgan fingerprint density at radius 3 is 2.86 bits per heavy atom. The van der Waals surface area contributed by atoms with E-state index in [4.69, 9.17) is 5.11 Å². The molecule has 1 aliphatic rings. The van der Waals surface area contributed by atoms with E-state index in [1.54, 1.807) is 0 Å². The Hall–Kier alpha value is -1.79. The third-order valence-electron chi connectivity index (χ3n) is 3.82. The van der Waals surface area contributed by atoms with E-state index in [2.05, 4.69) is 24.1 Å². The summed E-state index contributed by atoms with van der Waals surface area (Å²) in [7, 11) is 0. The molecule has 1 amide bonds. The Labute approximate surface area is 126 Å². The molecule has 0 aromatic heterocycles. The van der Waals surface area contributed by atoms with Gasteiger partial charge in [0.15, 0.2) is 0 Å². The summed E-state index contributed by atoms with van der Waals surface area (Å²) in [5.41, 5.74) is 2.50. The highest BCUT2D eigenvalue weighted by molar-refractivity contribution is 5.94. The van der Waals surface area contributed by atoms with Crippen molar-refractivity contribution in [1.29, 1.82) is 0 Å². The third-order valence-corrected chi connectivity index (χ3v) is 3.82. The minimum absolute atomic E-state index is 0.0311. The molecule has 0 heterocycles. The summed E-state index contributed by atoms with van der Waals surface area (Å²) >= 11 is 0. The summed E-state index contributed by atoms with van der Waals surface area (Å²) in [6, 6.07) is 5.65. The van der Waals surface area contributed by atoms with Gasteiger partial charge in [-0.15, -0.1) is 0 Å². The fourth-order valence-corrected chi connectivity index (χ4v) is 2.39. The fraction of sp³-hybridized carbons (Fsp3) is 0.500. The lowest BCUT2D eigenvalue weighted by Gasteiger charge is -2.12. The maximum Gasteiger partial charge on any atom is 0.251 e. The van der Waals surface area contributed by atoms with Gasteiger partial charge in [0.2, 0.25) is 0 Å². The van der Waals surface area contributed by atoms with E-state index < -0.39 is 0 Å². The maximum absolute atomic E-state index is 12.2. The number of benzene rings is 1. The van der Waals surface area contributed by atoms with Gasteiger partial charge in [-0.1, -0.05) is 18.8 Å². The number of nitrogens with one attached hydrogen (secondary N) is 1. The van der Waals surface area contributed by atoms with Crippen molar-refractivity contribution in [1.82, 2.24) is 5.32 Å². The number of rotatable bonds is 5. The Balaban J connectivity index is 2.00. The summed E-state index contributed by atoms with van der Waals surface area (Å²) in [4.78, 5) is 12.2. The summed E-state index contributed by atoms with van der Waals surface area (Å²) in [5, 5.41) is 11.8. The van der Waals surface area contributed by atoms with Crippen LogP contribution in [0.3, 0.4) is 0 Å². The molecule has 0 saturated heterocycles. The van der Waals surface area contributed by atoms with E-state index in [1.807, 2.05) is 25.1 Å². The van der Waals surface area contributed by atoms with Crippen LogP contribution in [0.4, 0.5) is 0 Å². The number of aryl methyl sites for hydroxylation is 1. The smallest absolute Gasteiger partial charge is 0.251 e. The molecule has 3 nitrogen and oxygen atoms in total. The zero-order valence-corrected chi connectivity index (χ0v) is 12.8. The zero-order valence-electron chi connectivity index (χ0n) is 12.8. The van der Waals surface area contributed by atoms with Crippen molar-refractivity contribution >= 4 is 5.91 Å². The van der Waals surface area contributed by atoms with Crippen molar-refractivity contribution in [2.45, 2.75) is 33.1 Å². The van der Waals surface area contributed by atoms with Crippen molar-refractivity contribution in [2.24, 2.45) is 11.8 Å². The lowest BCUT2D eigenvalue weighted by Crippen LogP contribution is -2.29. The Kier molecular flexibility index (Phi) is 5.41. The molecule has 1 aromatic rings. The van der Waals surface area contributed by atoms with E-state index in [1.165, 1.54) is 12.8 Å². The van der Waals surface area contributed by atoms with Crippen LogP contribution in [0.15, 0.2) is 18.2 Å². The molecule has 112 valence electrons. The number of carbonyl (C=O) groups excluding carboxylic acids is 1. The van der Waals surface area contributed by atoms with Gasteiger partial charge in [0, 0.05) is 24.1 Å². The molecule has 1 atom stereocenters. The molecule has 0 aliphatic heterocycles. The van der Waals surface area contributed by atoms with Gasteiger partial charge < -0.3 is 10.4 Å². The Bertz CT molecular complexity index is 564. The predicted octanol–water partition coefficient (Wildman–Crippen LogP) is 2.50. The van der Waals surface area contributed by atoms with Crippen molar-refractivity contribution in [3.05, 3.63) is 34.9 Å². The van der Waals surface area contributed by atoms with Crippen LogP contribution < -0.4 is 5.32 Å². The van der Waals surface area contributed by atoms with Crippen molar-refractivity contribution < 1.29 is 9.90 Å². The van der Waals surface area contributed by atoms with Gasteiger partial charge in [-0.05, 0) is 55.4 Å². The van der Waals surface area contributed by atoms with Crippen LogP contribution in [0.5, 0.6) is 0 Å². The lowest BCUT2D eigenvalue weighted by molar-refractivity contribution is 0.0946. The predicted molar refractivity (Wildman–Crippen MR) is 84.0 cm³/mol. The normalized spacial score (nSPS) is 15.0. The topological polar surface area (TPSA) is 49.3 Å². The SMILES string of the molecule is Cc1cc(C#CCCO)cc(C(=O)NCC(C)C2CC2)c1. The quantitative estimate of drug-likeness (QED) is 0.817. The van der Waals surface area contributed by atoms with Crippen LogP contribution in [0.1, 0.15) is 47.7 Å². The van der Waals surface area contributed by atoms with Gasteiger partial charge in [0.25, 0.3) is 5.91 Å². The molecule has 0 spiro atoms. The van der Waals surface area contributed by atoms with Crippen molar-refractivity contribution in [3.63, 3.8) is 0 Å². The van der Waals surface area contributed by atoms with Crippen LogP contribution in [0.2, 0.25) is 0 Å². The molecule has 2 N–H and O–H groups in total. The second kappa shape index (κ2) is 7.28. The number of carbonyl (C=O) groups is 1. The lowest BCUT2D eigenvalue weighted by atomic mass is 10.0. The zero-order chi connectivity index (χ0) is 15.2. The molecule has 3 heteroatoms. The monoisotopic (exact) mass is 285 g/mol. The first-order valence-corrected chi connectivity index (χ1v) is 7.59. The van der Waals surface area contributed by atoms with E-state index in [0.717, 1.165) is 23.6 Å². The largest absolute Gasteiger partial charge is 0.395 e. The Morgan fingerprint density at radius 2 is 2.19 bits per heavy atom. The van der Waals surface area contributed by atoms with Crippen LogP contribution in [-0.2, 0) is 0 Å². The first-order chi connectivity index (χ1) is 10.1. The van der Waals surface area contributed by atoms with E-state index in [-0.39, 0.29) is 12.5 Å². The highest BCUT2D eigenvalue weighted by Gasteiger charge is 2.27. The average Bonchev–Trinajstić information content (AvgIpc) is 3.28. The first kappa shape index (κ1) is 15.6. The maximum atomic E-state index is 12.2. The van der Waals surface area contributed by atoms with E-state index in [0.29, 0.717) is 17.9 Å². The van der Waals surface area contributed by atoms with Crippen molar-refractivity contribution in [3.8, 4) is 11.8 Å². The average molecular weight is 285 g/mol. The molecule has 1 aromatic carbocycles. The number of amides is 1. The standard InChI is InChI=1S/C18H23NO2/c1-13-9-15(5-3-4-8-20)11-17(10-13)18(21)19-12-14(2)16-6-7-16/h9-11,14,16,20H,4,6-8,12H2,1-2H3,(H,19,21). The molecule has 1 fully saturated rings. The molecule has 1 saturated carbocycles. The highest BCUT2D eigenvalue weighted by Crippen LogP contribution is 2.36. The van der Waals surface area contributed by atoms with Crippen LogP contribution >= 0.6 is 0 Å². The number of aliphatic hydroxyl groups is 1. The fourth-order valence-electron chi connectivity index (χ4n) is 2.39. The number of hydrogen-bond donors (Lipinski definition) is 2. The second-order valence-corrected chi connectivity index (χ2v) is 5.89. The van der Waals surface area contributed by atoms with E-state index in [9.17, 15) is 4.79 Å². The van der Waals surface area contributed by atoms with Gasteiger partial charge in [0.1, 0.15) is 0 Å². The van der Waals surface area contributed by atoms with Gasteiger partial charge >= 0.3 is 0 Å². The first-order valence-electron chi connectivity index (χ1n) is 7.59. The van der Waals surface area contributed by atoms with Crippen LogP contribution in [0, 0.1) is 30.6 Å². The van der Waals surface area contributed by atoms with Crippen LogP contribution in [-0.4, -0.2) is 24.2 Å². The molecular weight excluding hydrogens is 262 g/mol. The van der Waals surface area contributed by atoms with E-state index >= 15 is 0 Å². The third kappa shape index (κ3) is 4.91. The molecule has 1 aliphatic carbocycles. The molecule has 1 unspecified atom stereocenters. The molecule has 0 radical (unpaired) electrons. The second-order valence-electron chi connectivity index (χ2n) is 5.89. The van der Waals surface area contributed by atoms with Crippen molar-refractivity contribution in [2.75, 3.05) is 13.2 Å². The summed E-state index contributed by atoms with van der Waals surface area (Å²) in [6.07, 6.45) is 3.05. The highest BCUT2D eigenvalue weighted by atomic mass is 16.2. The summed E-state index contributed by atoms with van der Waals surface area (Å²) < 4.78 is 0. The molecule has 0 bridgehead atoms. The molecule has 2 rings (SSSR count). The summed E-state index contributed by atoms with van der Waals surface area (Å²) in [6.45, 7) is 4.95. The molecule has 21 heavy (non-hydrogen) atoms. The van der Waals surface area contributed by atoms with Gasteiger partial charge in [-0.3, -0.25) is 4.79 Å². The van der Waals surface area contributed by atoms with Gasteiger partial charge in [-0.2, -0.15) is 0 Å².